The number of nitrogens with one attached hydrogen (secondary N) is 1. The van der Waals surface area contributed by atoms with Crippen LogP contribution in [-0.2, 0) is 24.2 Å². The van der Waals surface area contributed by atoms with Crippen LogP contribution in [0, 0.1) is 0 Å². The summed E-state index contributed by atoms with van der Waals surface area (Å²) in [4.78, 5) is 32.2. The molecular formula is C17H16N4O2S2. The Hall–Kier alpha value is -2.32. The SMILES string of the molecule is O=C(Cn1cnc2sc3c(c2c1=O)CCCC3)NN=Cc1cccs1. The maximum Gasteiger partial charge on any atom is 0.262 e. The van der Waals surface area contributed by atoms with Crippen molar-refractivity contribution in [2.75, 3.05) is 0 Å². The molecule has 25 heavy (non-hydrogen) atoms. The van der Waals surface area contributed by atoms with E-state index in [1.54, 1.807) is 17.6 Å². The van der Waals surface area contributed by atoms with Gasteiger partial charge in [0.1, 0.15) is 11.4 Å². The third-order valence-electron chi connectivity index (χ3n) is 4.18. The highest BCUT2D eigenvalue weighted by molar-refractivity contribution is 7.18. The Morgan fingerprint density at radius 3 is 3.12 bits per heavy atom. The minimum atomic E-state index is -0.347. The van der Waals surface area contributed by atoms with Crippen molar-refractivity contribution < 1.29 is 4.79 Å². The lowest BCUT2D eigenvalue weighted by Gasteiger charge is -2.10. The van der Waals surface area contributed by atoms with Gasteiger partial charge < -0.3 is 0 Å². The van der Waals surface area contributed by atoms with Crippen LogP contribution in [0.15, 0.2) is 33.7 Å². The number of hydrazone groups is 1. The zero-order valence-corrected chi connectivity index (χ0v) is 15.0. The largest absolute Gasteiger partial charge is 0.289 e. The van der Waals surface area contributed by atoms with Gasteiger partial charge in [-0.1, -0.05) is 6.07 Å². The third-order valence-corrected chi connectivity index (χ3v) is 6.19. The molecule has 3 aromatic heterocycles. The fraction of sp³-hybridized carbons (Fsp3) is 0.294. The minimum Gasteiger partial charge on any atom is -0.289 e. The van der Waals surface area contributed by atoms with Gasteiger partial charge in [-0.3, -0.25) is 14.2 Å². The Bertz CT molecular complexity index is 1000. The minimum absolute atomic E-state index is 0.0891. The standard InChI is InChI=1S/C17H16N4O2S2/c22-14(20-19-8-11-4-3-7-24-11)9-21-10-18-16-15(17(21)23)12-5-1-2-6-13(12)25-16/h3-4,7-8,10H,1-2,5-6,9H2,(H,20,22). The van der Waals surface area contributed by atoms with Gasteiger partial charge in [0.05, 0.1) is 17.9 Å². The number of carbonyl (C=O) groups is 1. The topological polar surface area (TPSA) is 76.3 Å². The van der Waals surface area contributed by atoms with Crippen LogP contribution in [0.2, 0.25) is 0 Å². The predicted octanol–water partition coefficient (Wildman–Crippen LogP) is 2.55. The molecular weight excluding hydrogens is 356 g/mol. The van der Waals surface area contributed by atoms with E-state index in [0.29, 0.717) is 5.39 Å². The van der Waals surface area contributed by atoms with Crippen LogP contribution >= 0.6 is 22.7 Å². The van der Waals surface area contributed by atoms with Gasteiger partial charge >= 0.3 is 0 Å². The molecule has 0 radical (unpaired) electrons. The normalized spacial score (nSPS) is 14.1. The molecule has 1 amide bonds. The van der Waals surface area contributed by atoms with E-state index in [1.165, 1.54) is 33.5 Å². The number of hydrogen-bond acceptors (Lipinski definition) is 6. The van der Waals surface area contributed by atoms with E-state index in [0.717, 1.165) is 34.5 Å². The van der Waals surface area contributed by atoms with E-state index in [2.05, 4.69) is 15.5 Å². The zero-order valence-electron chi connectivity index (χ0n) is 13.4. The molecule has 3 aromatic rings. The molecule has 0 fully saturated rings. The van der Waals surface area contributed by atoms with Gasteiger partial charge in [-0.05, 0) is 42.7 Å². The lowest BCUT2D eigenvalue weighted by Crippen LogP contribution is -2.30. The van der Waals surface area contributed by atoms with E-state index in [1.807, 2.05) is 17.5 Å². The van der Waals surface area contributed by atoms with Crippen molar-refractivity contribution in [3.8, 4) is 0 Å². The first-order valence-corrected chi connectivity index (χ1v) is 9.77. The van der Waals surface area contributed by atoms with Crippen molar-refractivity contribution in [1.82, 2.24) is 15.0 Å². The Kier molecular flexibility index (Phi) is 4.46. The van der Waals surface area contributed by atoms with Crippen molar-refractivity contribution in [2.24, 2.45) is 5.10 Å². The van der Waals surface area contributed by atoms with E-state index in [4.69, 9.17) is 0 Å². The van der Waals surface area contributed by atoms with Crippen molar-refractivity contribution in [2.45, 2.75) is 32.2 Å². The fourth-order valence-electron chi connectivity index (χ4n) is 3.02. The van der Waals surface area contributed by atoms with Crippen LogP contribution in [0.25, 0.3) is 10.2 Å². The van der Waals surface area contributed by atoms with Crippen LogP contribution in [0.5, 0.6) is 0 Å². The maximum absolute atomic E-state index is 12.8. The Morgan fingerprint density at radius 1 is 1.40 bits per heavy atom. The highest BCUT2D eigenvalue weighted by Gasteiger charge is 2.20. The summed E-state index contributed by atoms with van der Waals surface area (Å²) >= 11 is 3.14. The van der Waals surface area contributed by atoms with E-state index < -0.39 is 0 Å². The number of hydrogen-bond donors (Lipinski definition) is 1. The molecule has 0 aliphatic heterocycles. The second kappa shape index (κ2) is 6.89. The number of carbonyl (C=O) groups excluding carboxylic acids is 1. The van der Waals surface area contributed by atoms with Crippen molar-refractivity contribution in [3.05, 3.63) is 49.5 Å². The summed E-state index contributed by atoms with van der Waals surface area (Å²) in [6.07, 6.45) is 7.25. The van der Waals surface area contributed by atoms with Crippen molar-refractivity contribution >= 4 is 45.0 Å². The molecule has 0 bridgehead atoms. The van der Waals surface area contributed by atoms with Gasteiger partial charge in [0.2, 0.25) is 0 Å². The Balaban J connectivity index is 1.54. The lowest BCUT2D eigenvalue weighted by atomic mass is 9.97. The molecule has 4 rings (SSSR count). The molecule has 1 aliphatic rings. The summed E-state index contributed by atoms with van der Waals surface area (Å²) in [5.41, 5.74) is 3.45. The number of nitrogens with zero attached hydrogens (tertiary/aromatic N) is 3. The molecule has 1 N–H and O–H groups in total. The number of rotatable bonds is 4. The molecule has 0 spiro atoms. The highest BCUT2D eigenvalue weighted by Crippen LogP contribution is 2.33. The summed E-state index contributed by atoms with van der Waals surface area (Å²) in [6, 6.07) is 3.82. The predicted molar refractivity (Wildman–Crippen MR) is 101 cm³/mol. The second-order valence-electron chi connectivity index (χ2n) is 5.88. The van der Waals surface area contributed by atoms with Gasteiger partial charge in [0.15, 0.2) is 0 Å². The van der Waals surface area contributed by atoms with Gasteiger partial charge in [-0.15, -0.1) is 22.7 Å². The number of fused-ring (bicyclic) bond motifs is 3. The first kappa shape index (κ1) is 16.2. The molecule has 128 valence electrons. The summed E-state index contributed by atoms with van der Waals surface area (Å²) in [7, 11) is 0. The number of aromatic nitrogens is 2. The van der Waals surface area contributed by atoms with Gasteiger partial charge in [-0.2, -0.15) is 5.10 Å². The lowest BCUT2D eigenvalue weighted by molar-refractivity contribution is -0.121. The summed E-state index contributed by atoms with van der Waals surface area (Å²) in [6.45, 7) is -0.0891. The first-order valence-electron chi connectivity index (χ1n) is 8.07. The summed E-state index contributed by atoms with van der Waals surface area (Å²) < 4.78 is 1.36. The number of thiophene rings is 2. The van der Waals surface area contributed by atoms with Crippen LogP contribution < -0.4 is 11.0 Å². The maximum atomic E-state index is 12.8. The molecule has 0 atom stereocenters. The van der Waals surface area contributed by atoms with Crippen molar-refractivity contribution in [3.63, 3.8) is 0 Å². The highest BCUT2D eigenvalue weighted by atomic mass is 32.1. The summed E-state index contributed by atoms with van der Waals surface area (Å²) in [5, 5.41) is 6.54. The quantitative estimate of drug-likeness (QED) is 0.565. The van der Waals surface area contributed by atoms with Crippen LogP contribution in [-0.4, -0.2) is 21.7 Å². The summed E-state index contributed by atoms with van der Waals surface area (Å²) in [5.74, 6) is -0.347. The van der Waals surface area contributed by atoms with Crippen LogP contribution in [0.1, 0.15) is 28.2 Å². The van der Waals surface area contributed by atoms with Crippen LogP contribution in [0.4, 0.5) is 0 Å². The Labute approximate surface area is 151 Å². The molecule has 6 nitrogen and oxygen atoms in total. The van der Waals surface area contributed by atoms with E-state index in [9.17, 15) is 9.59 Å². The van der Waals surface area contributed by atoms with Crippen molar-refractivity contribution in [1.29, 1.82) is 0 Å². The molecule has 0 saturated carbocycles. The van der Waals surface area contributed by atoms with Gasteiger partial charge in [0, 0.05) is 9.75 Å². The Morgan fingerprint density at radius 2 is 2.28 bits per heavy atom. The molecule has 0 unspecified atom stereocenters. The molecule has 3 heterocycles. The molecule has 8 heteroatoms. The monoisotopic (exact) mass is 372 g/mol. The fourth-order valence-corrected chi connectivity index (χ4v) is 4.82. The molecule has 0 aromatic carbocycles. The smallest absolute Gasteiger partial charge is 0.262 e. The average Bonchev–Trinajstić information content (AvgIpc) is 3.24. The number of aryl methyl sites for hydroxylation is 2. The zero-order chi connectivity index (χ0) is 17.2. The van der Waals surface area contributed by atoms with E-state index in [-0.39, 0.29) is 18.0 Å². The molecule has 0 saturated heterocycles. The van der Waals surface area contributed by atoms with Crippen LogP contribution in [0.3, 0.4) is 0 Å². The van der Waals surface area contributed by atoms with E-state index >= 15 is 0 Å². The second-order valence-corrected chi connectivity index (χ2v) is 7.94. The molecule has 1 aliphatic carbocycles. The third kappa shape index (κ3) is 3.27. The average molecular weight is 372 g/mol. The van der Waals surface area contributed by atoms with Gasteiger partial charge in [0.25, 0.3) is 11.5 Å². The van der Waals surface area contributed by atoms with Gasteiger partial charge in [-0.25, -0.2) is 10.4 Å². The first-order chi connectivity index (χ1) is 12.2. The number of amides is 1.